The molecule has 0 bridgehead atoms. The van der Waals surface area contributed by atoms with E-state index in [1.807, 2.05) is 13.8 Å². The third kappa shape index (κ3) is 4.18. The predicted octanol–water partition coefficient (Wildman–Crippen LogP) is 2.47. The van der Waals surface area contributed by atoms with Crippen molar-refractivity contribution in [2.24, 2.45) is 0 Å². The van der Waals surface area contributed by atoms with E-state index in [4.69, 9.17) is 5.73 Å². The first-order valence-corrected chi connectivity index (χ1v) is 7.21. The fourth-order valence-electron chi connectivity index (χ4n) is 1.59. The molecule has 1 aromatic rings. The molecular formula is C12H22N4OS. The molecule has 1 unspecified atom stereocenters. The van der Waals surface area contributed by atoms with Crippen LogP contribution < -0.4 is 16.4 Å². The molecule has 0 aliphatic rings. The van der Waals surface area contributed by atoms with Gasteiger partial charge in [0.25, 0.3) is 5.91 Å². The molecule has 0 saturated carbocycles. The molecule has 1 aromatic heterocycles. The second-order valence-electron chi connectivity index (χ2n) is 4.28. The summed E-state index contributed by atoms with van der Waals surface area (Å²) in [6.07, 6.45) is 3.23. The third-order valence-corrected chi connectivity index (χ3v) is 3.58. The van der Waals surface area contributed by atoms with Crippen LogP contribution in [-0.4, -0.2) is 23.5 Å². The number of unbranched alkanes of at least 4 members (excludes halogenated alkanes) is 1. The molecule has 1 rings (SSSR count). The van der Waals surface area contributed by atoms with Gasteiger partial charge in [0.1, 0.15) is 10.7 Å². The number of nitrogens with two attached hydrogens (primary N) is 1. The molecule has 0 aliphatic carbocycles. The molecule has 0 fully saturated rings. The summed E-state index contributed by atoms with van der Waals surface area (Å²) in [7, 11) is 0. The van der Waals surface area contributed by atoms with E-state index < -0.39 is 0 Å². The highest BCUT2D eigenvalue weighted by Gasteiger charge is 2.17. The maximum atomic E-state index is 12.0. The Morgan fingerprint density at radius 1 is 1.50 bits per heavy atom. The van der Waals surface area contributed by atoms with Gasteiger partial charge < -0.3 is 16.4 Å². The average molecular weight is 270 g/mol. The summed E-state index contributed by atoms with van der Waals surface area (Å²) in [4.78, 5) is 16.6. The van der Waals surface area contributed by atoms with Crippen molar-refractivity contribution in [3.63, 3.8) is 0 Å². The largest absolute Gasteiger partial charge is 0.382 e. The minimum absolute atomic E-state index is 0.127. The lowest BCUT2D eigenvalue weighted by Gasteiger charge is -2.12. The Labute approximate surface area is 112 Å². The molecule has 18 heavy (non-hydrogen) atoms. The molecule has 1 atom stereocenters. The van der Waals surface area contributed by atoms with Crippen LogP contribution in [0, 0.1) is 0 Å². The topological polar surface area (TPSA) is 80.0 Å². The van der Waals surface area contributed by atoms with Crippen molar-refractivity contribution >= 4 is 28.2 Å². The van der Waals surface area contributed by atoms with Gasteiger partial charge >= 0.3 is 0 Å². The SMILES string of the molecule is CCCCC(C)NC(=O)c1sc(NCC)nc1N. The Balaban J connectivity index is 2.60. The van der Waals surface area contributed by atoms with Crippen LogP contribution >= 0.6 is 11.3 Å². The van der Waals surface area contributed by atoms with Gasteiger partial charge in [0, 0.05) is 12.6 Å². The minimum Gasteiger partial charge on any atom is -0.382 e. The van der Waals surface area contributed by atoms with E-state index in [1.165, 1.54) is 11.3 Å². The van der Waals surface area contributed by atoms with Gasteiger partial charge in [-0.3, -0.25) is 4.79 Å². The molecule has 0 saturated heterocycles. The summed E-state index contributed by atoms with van der Waals surface area (Å²) in [5.41, 5.74) is 5.75. The summed E-state index contributed by atoms with van der Waals surface area (Å²) in [6, 6.07) is 0.168. The standard InChI is InChI=1S/C12H22N4OS/c1-4-6-7-8(3)15-11(17)9-10(13)16-12(18-9)14-5-2/h8H,4-7,13H2,1-3H3,(H,14,16)(H,15,17). The zero-order valence-electron chi connectivity index (χ0n) is 11.2. The fourth-order valence-corrected chi connectivity index (χ4v) is 2.45. The molecule has 0 aromatic carbocycles. The molecule has 0 radical (unpaired) electrons. The Kier molecular flexibility index (Phi) is 5.91. The van der Waals surface area contributed by atoms with E-state index in [0.717, 1.165) is 25.8 Å². The van der Waals surface area contributed by atoms with E-state index in [9.17, 15) is 4.79 Å². The summed E-state index contributed by atoms with van der Waals surface area (Å²) in [6.45, 7) is 6.89. The van der Waals surface area contributed by atoms with Gasteiger partial charge in [-0.05, 0) is 20.3 Å². The van der Waals surface area contributed by atoms with Crippen molar-refractivity contribution in [3.05, 3.63) is 4.88 Å². The number of carbonyl (C=O) groups is 1. The first-order chi connectivity index (χ1) is 8.58. The fraction of sp³-hybridized carbons (Fsp3) is 0.667. The lowest BCUT2D eigenvalue weighted by atomic mass is 10.1. The number of thiazole rings is 1. The number of nitrogens with one attached hydrogen (secondary N) is 2. The zero-order chi connectivity index (χ0) is 13.5. The molecule has 5 nitrogen and oxygen atoms in total. The van der Waals surface area contributed by atoms with Crippen LogP contribution in [0.1, 0.15) is 49.7 Å². The Bertz CT molecular complexity index is 391. The summed E-state index contributed by atoms with van der Waals surface area (Å²) in [5.74, 6) is 0.175. The van der Waals surface area contributed by atoms with Crippen LogP contribution in [0.15, 0.2) is 0 Å². The number of hydrogen-bond acceptors (Lipinski definition) is 5. The second-order valence-corrected chi connectivity index (χ2v) is 5.28. The Morgan fingerprint density at radius 2 is 2.22 bits per heavy atom. The van der Waals surface area contributed by atoms with Crippen LogP contribution in [0.5, 0.6) is 0 Å². The van der Waals surface area contributed by atoms with E-state index in [1.54, 1.807) is 0 Å². The number of aromatic nitrogens is 1. The summed E-state index contributed by atoms with van der Waals surface area (Å²) >= 11 is 1.30. The van der Waals surface area contributed by atoms with Crippen molar-refractivity contribution in [2.75, 3.05) is 17.6 Å². The number of rotatable bonds is 7. The molecule has 6 heteroatoms. The third-order valence-electron chi connectivity index (χ3n) is 2.56. The lowest BCUT2D eigenvalue weighted by molar-refractivity contribution is 0.0943. The lowest BCUT2D eigenvalue weighted by Crippen LogP contribution is -2.32. The average Bonchev–Trinajstić information content (AvgIpc) is 2.68. The van der Waals surface area contributed by atoms with Crippen molar-refractivity contribution in [2.45, 2.75) is 46.1 Å². The monoisotopic (exact) mass is 270 g/mol. The van der Waals surface area contributed by atoms with E-state index in [0.29, 0.717) is 15.8 Å². The highest BCUT2D eigenvalue weighted by molar-refractivity contribution is 7.18. The van der Waals surface area contributed by atoms with Crippen LogP contribution in [-0.2, 0) is 0 Å². The van der Waals surface area contributed by atoms with Gasteiger partial charge in [-0.25, -0.2) is 4.98 Å². The number of nitrogens with zero attached hydrogens (tertiary/aromatic N) is 1. The van der Waals surface area contributed by atoms with Crippen molar-refractivity contribution in [1.82, 2.24) is 10.3 Å². The van der Waals surface area contributed by atoms with Gasteiger partial charge in [-0.15, -0.1) is 0 Å². The normalized spacial score (nSPS) is 12.2. The number of hydrogen-bond donors (Lipinski definition) is 3. The Hall–Kier alpha value is -1.30. The highest BCUT2D eigenvalue weighted by Crippen LogP contribution is 2.24. The van der Waals surface area contributed by atoms with Crippen LogP contribution in [0.25, 0.3) is 0 Å². The van der Waals surface area contributed by atoms with Gasteiger partial charge in [0.15, 0.2) is 5.13 Å². The van der Waals surface area contributed by atoms with E-state index in [-0.39, 0.29) is 11.9 Å². The molecule has 1 amide bonds. The van der Waals surface area contributed by atoms with E-state index in [2.05, 4.69) is 22.5 Å². The number of carbonyl (C=O) groups excluding carboxylic acids is 1. The summed E-state index contributed by atoms with van der Waals surface area (Å²) < 4.78 is 0. The molecule has 4 N–H and O–H groups in total. The van der Waals surface area contributed by atoms with Gasteiger partial charge in [0.05, 0.1) is 0 Å². The van der Waals surface area contributed by atoms with Crippen molar-refractivity contribution in [1.29, 1.82) is 0 Å². The number of amides is 1. The maximum absolute atomic E-state index is 12.0. The quantitative estimate of drug-likeness (QED) is 0.711. The second kappa shape index (κ2) is 7.20. The zero-order valence-corrected chi connectivity index (χ0v) is 12.1. The first-order valence-electron chi connectivity index (χ1n) is 6.39. The van der Waals surface area contributed by atoms with Crippen molar-refractivity contribution < 1.29 is 4.79 Å². The molecule has 102 valence electrons. The predicted molar refractivity (Wildman–Crippen MR) is 77.1 cm³/mol. The maximum Gasteiger partial charge on any atom is 0.265 e. The van der Waals surface area contributed by atoms with Gasteiger partial charge in [0.2, 0.25) is 0 Å². The van der Waals surface area contributed by atoms with Crippen LogP contribution in [0.4, 0.5) is 10.9 Å². The molecular weight excluding hydrogens is 248 g/mol. The molecule has 0 aliphatic heterocycles. The minimum atomic E-state index is -0.127. The highest BCUT2D eigenvalue weighted by atomic mass is 32.1. The van der Waals surface area contributed by atoms with Gasteiger partial charge in [-0.2, -0.15) is 0 Å². The number of anilines is 2. The van der Waals surface area contributed by atoms with Crippen LogP contribution in [0.2, 0.25) is 0 Å². The van der Waals surface area contributed by atoms with Gasteiger partial charge in [-0.1, -0.05) is 31.1 Å². The summed E-state index contributed by atoms with van der Waals surface area (Å²) in [5, 5.41) is 6.71. The molecule has 0 spiro atoms. The number of nitrogen functional groups attached to an aromatic ring is 1. The first kappa shape index (κ1) is 14.8. The molecule has 1 heterocycles. The van der Waals surface area contributed by atoms with E-state index >= 15 is 0 Å². The smallest absolute Gasteiger partial charge is 0.265 e. The van der Waals surface area contributed by atoms with Crippen molar-refractivity contribution in [3.8, 4) is 0 Å². The Morgan fingerprint density at radius 3 is 2.83 bits per heavy atom. The van der Waals surface area contributed by atoms with Crippen LogP contribution in [0.3, 0.4) is 0 Å².